The van der Waals surface area contributed by atoms with Crippen molar-refractivity contribution in [2.24, 2.45) is 10.8 Å². The van der Waals surface area contributed by atoms with Crippen molar-refractivity contribution in [2.75, 3.05) is 0 Å². The molecular formula is C20H42. The summed E-state index contributed by atoms with van der Waals surface area (Å²) in [6.45, 7) is 14.6. The molecule has 0 amide bonds. The molecule has 0 heterocycles. The molecule has 0 N–H and O–H groups in total. The van der Waals surface area contributed by atoms with Crippen LogP contribution in [0.2, 0.25) is 0 Å². The van der Waals surface area contributed by atoms with Crippen molar-refractivity contribution in [3.8, 4) is 0 Å². The first kappa shape index (κ1) is 20.0. The predicted octanol–water partition coefficient (Wildman–Crippen LogP) is 7.76. The van der Waals surface area contributed by atoms with Crippen molar-refractivity contribution < 1.29 is 0 Å². The van der Waals surface area contributed by atoms with E-state index in [1.54, 1.807) is 0 Å². The first-order valence-electron chi connectivity index (χ1n) is 9.49. The summed E-state index contributed by atoms with van der Waals surface area (Å²) in [6, 6.07) is 0. The highest BCUT2D eigenvalue weighted by atomic mass is 14.5. The maximum absolute atomic E-state index is 2.61. The molecule has 0 fully saturated rings. The summed E-state index contributed by atoms with van der Waals surface area (Å²) in [7, 11) is 0. The molecule has 0 atom stereocenters. The third kappa shape index (κ3) is 6.19. The molecule has 122 valence electrons. The fourth-order valence-corrected chi connectivity index (χ4v) is 3.72. The van der Waals surface area contributed by atoms with Crippen LogP contribution in [-0.4, -0.2) is 0 Å². The molecule has 0 spiro atoms. The van der Waals surface area contributed by atoms with E-state index in [-0.39, 0.29) is 0 Å². The van der Waals surface area contributed by atoms with Crippen LogP contribution in [0.25, 0.3) is 0 Å². The Balaban J connectivity index is 5.02. The monoisotopic (exact) mass is 282 g/mol. The van der Waals surface area contributed by atoms with Crippen molar-refractivity contribution in [1.82, 2.24) is 0 Å². The quantitative estimate of drug-likeness (QED) is 0.324. The van der Waals surface area contributed by atoms with Gasteiger partial charge in [-0.2, -0.15) is 0 Å². The van der Waals surface area contributed by atoms with E-state index in [1.807, 2.05) is 0 Å². The normalized spacial score (nSPS) is 12.9. The molecule has 0 radical (unpaired) electrons. The molecular weight excluding hydrogens is 240 g/mol. The minimum Gasteiger partial charge on any atom is -0.0654 e. The zero-order valence-corrected chi connectivity index (χ0v) is 15.5. The van der Waals surface area contributed by atoms with Gasteiger partial charge in [0.15, 0.2) is 0 Å². The van der Waals surface area contributed by atoms with Gasteiger partial charge in [0, 0.05) is 0 Å². The molecule has 0 saturated heterocycles. The lowest BCUT2D eigenvalue weighted by Gasteiger charge is -2.48. The molecule has 0 unspecified atom stereocenters. The number of hydrogen-bond acceptors (Lipinski definition) is 0. The molecule has 0 aromatic rings. The van der Waals surface area contributed by atoms with Crippen molar-refractivity contribution in [2.45, 2.75) is 119 Å². The highest BCUT2D eigenvalue weighted by Crippen LogP contribution is 2.52. The lowest BCUT2D eigenvalue weighted by Crippen LogP contribution is -2.38. The summed E-state index contributed by atoms with van der Waals surface area (Å²) >= 11 is 0. The molecule has 0 saturated carbocycles. The summed E-state index contributed by atoms with van der Waals surface area (Å²) in [6.07, 6.45) is 16.8. The first-order chi connectivity index (χ1) is 9.49. The van der Waals surface area contributed by atoms with Crippen molar-refractivity contribution >= 4 is 0 Å². The predicted molar refractivity (Wildman–Crippen MR) is 94.3 cm³/mol. The second kappa shape index (κ2) is 10.7. The van der Waals surface area contributed by atoms with E-state index in [1.165, 1.54) is 77.0 Å². The lowest BCUT2D eigenvalue weighted by molar-refractivity contribution is 0.0225. The Morgan fingerprint density at radius 1 is 0.450 bits per heavy atom. The Labute approximate surface area is 130 Å². The minimum absolute atomic E-state index is 0.559. The molecule has 0 aromatic carbocycles. The lowest BCUT2D eigenvalue weighted by atomic mass is 9.57. The highest BCUT2D eigenvalue weighted by molar-refractivity contribution is 4.92. The highest BCUT2D eigenvalue weighted by Gasteiger charge is 2.41. The SMILES string of the molecule is CCCCC(C)(CCCC)C(C)(CCCC)CCCC. The Hall–Kier alpha value is 0. The van der Waals surface area contributed by atoms with E-state index in [0.29, 0.717) is 10.8 Å². The van der Waals surface area contributed by atoms with Gasteiger partial charge >= 0.3 is 0 Å². The smallest absolute Gasteiger partial charge is 0.0272 e. The van der Waals surface area contributed by atoms with E-state index in [9.17, 15) is 0 Å². The van der Waals surface area contributed by atoms with Gasteiger partial charge in [-0.05, 0) is 36.5 Å². The average Bonchev–Trinajstić information content (AvgIpc) is 2.46. The van der Waals surface area contributed by atoms with Crippen LogP contribution in [0, 0.1) is 10.8 Å². The summed E-state index contributed by atoms with van der Waals surface area (Å²) in [5, 5.41) is 0. The van der Waals surface area contributed by atoms with Gasteiger partial charge in [0.25, 0.3) is 0 Å². The molecule has 0 rings (SSSR count). The molecule has 0 bridgehead atoms. The van der Waals surface area contributed by atoms with Gasteiger partial charge < -0.3 is 0 Å². The van der Waals surface area contributed by atoms with Crippen LogP contribution in [-0.2, 0) is 0 Å². The van der Waals surface area contributed by atoms with Crippen LogP contribution in [0.15, 0.2) is 0 Å². The number of rotatable bonds is 13. The minimum atomic E-state index is 0.559. The maximum atomic E-state index is 2.61. The average molecular weight is 283 g/mol. The fraction of sp³-hybridized carbons (Fsp3) is 1.00. The number of hydrogen-bond donors (Lipinski definition) is 0. The Morgan fingerprint density at radius 2 is 0.650 bits per heavy atom. The summed E-state index contributed by atoms with van der Waals surface area (Å²) < 4.78 is 0. The van der Waals surface area contributed by atoms with Gasteiger partial charge in [-0.3, -0.25) is 0 Å². The van der Waals surface area contributed by atoms with Crippen molar-refractivity contribution in [3.63, 3.8) is 0 Å². The molecule has 0 aliphatic carbocycles. The van der Waals surface area contributed by atoms with Crippen LogP contribution in [0.4, 0.5) is 0 Å². The van der Waals surface area contributed by atoms with E-state index < -0.39 is 0 Å². The standard InChI is InChI=1S/C20H42/c1-7-11-15-19(5,16-12-8-2)20(6,17-13-9-3)18-14-10-4/h7-18H2,1-6H3. The molecule has 20 heavy (non-hydrogen) atoms. The van der Waals surface area contributed by atoms with E-state index in [2.05, 4.69) is 41.5 Å². The zero-order valence-electron chi connectivity index (χ0n) is 15.5. The van der Waals surface area contributed by atoms with Gasteiger partial charge in [-0.15, -0.1) is 0 Å². The Morgan fingerprint density at radius 3 is 0.800 bits per heavy atom. The third-order valence-electron chi connectivity index (χ3n) is 5.79. The van der Waals surface area contributed by atoms with Gasteiger partial charge in [0.1, 0.15) is 0 Å². The van der Waals surface area contributed by atoms with E-state index >= 15 is 0 Å². The summed E-state index contributed by atoms with van der Waals surface area (Å²) in [5.41, 5.74) is 1.12. The van der Waals surface area contributed by atoms with Gasteiger partial charge in [0.2, 0.25) is 0 Å². The largest absolute Gasteiger partial charge is 0.0654 e. The molecule has 0 aromatic heterocycles. The van der Waals surface area contributed by atoms with Crippen molar-refractivity contribution in [1.29, 1.82) is 0 Å². The molecule has 0 aliphatic rings. The molecule has 0 aliphatic heterocycles. The third-order valence-corrected chi connectivity index (χ3v) is 5.79. The van der Waals surface area contributed by atoms with Gasteiger partial charge in [-0.1, -0.05) is 92.9 Å². The Kier molecular flexibility index (Phi) is 10.7. The van der Waals surface area contributed by atoms with E-state index in [4.69, 9.17) is 0 Å². The zero-order chi connectivity index (χ0) is 15.5. The van der Waals surface area contributed by atoms with E-state index in [0.717, 1.165) is 0 Å². The first-order valence-corrected chi connectivity index (χ1v) is 9.49. The van der Waals surface area contributed by atoms with Crippen LogP contribution < -0.4 is 0 Å². The topological polar surface area (TPSA) is 0 Å². The second-order valence-corrected chi connectivity index (χ2v) is 7.54. The fourth-order valence-electron chi connectivity index (χ4n) is 3.72. The van der Waals surface area contributed by atoms with Crippen LogP contribution in [0.5, 0.6) is 0 Å². The summed E-state index contributed by atoms with van der Waals surface area (Å²) in [5.74, 6) is 0. The van der Waals surface area contributed by atoms with Crippen LogP contribution in [0.3, 0.4) is 0 Å². The number of unbranched alkanes of at least 4 members (excludes halogenated alkanes) is 4. The molecule has 0 heteroatoms. The van der Waals surface area contributed by atoms with Crippen molar-refractivity contribution in [3.05, 3.63) is 0 Å². The second-order valence-electron chi connectivity index (χ2n) is 7.54. The van der Waals surface area contributed by atoms with Crippen LogP contribution >= 0.6 is 0 Å². The van der Waals surface area contributed by atoms with Crippen LogP contribution in [0.1, 0.15) is 119 Å². The maximum Gasteiger partial charge on any atom is -0.0272 e. The molecule has 0 nitrogen and oxygen atoms in total. The Bertz CT molecular complexity index is 176. The van der Waals surface area contributed by atoms with Gasteiger partial charge in [-0.25, -0.2) is 0 Å². The van der Waals surface area contributed by atoms with Gasteiger partial charge in [0.05, 0.1) is 0 Å². The summed E-state index contributed by atoms with van der Waals surface area (Å²) in [4.78, 5) is 0.